The van der Waals surface area contributed by atoms with Crippen molar-refractivity contribution in [2.24, 2.45) is 0 Å². The van der Waals surface area contributed by atoms with Crippen molar-refractivity contribution in [1.29, 1.82) is 0 Å². The van der Waals surface area contributed by atoms with Gasteiger partial charge in [0, 0.05) is 38.0 Å². The molecule has 2 N–H and O–H groups in total. The van der Waals surface area contributed by atoms with Crippen molar-refractivity contribution in [3.8, 4) is 0 Å². The van der Waals surface area contributed by atoms with Crippen molar-refractivity contribution in [3.63, 3.8) is 0 Å². The Hall–Kier alpha value is -2.37. The zero-order valence-corrected chi connectivity index (χ0v) is 16.8. The Morgan fingerprint density at radius 2 is 1.81 bits per heavy atom. The number of amides is 3. The number of benzene rings is 1. The lowest BCUT2D eigenvalue weighted by atomic mass is 9.86. The maximum Gasteiger partial charge on any atom is 0.224 e. The van der Waals surface area contributed by atoms with Gasteiger partial charge in [-0.3, -0.25) is 14.4 Å². The molecule has 1 unspecified atom stereocenters. The highest BCUT2D eigenvalue weighted by molar-refractivity contribution is 5.94. The quantitative estimate of drug-likeness (QED) is 0.771. The molecule has 27 heavy (non-hydrogen) atoms. The molecular formula is C21H31N3O3. The van der Waals surface area contributed by atoms with Crippen LogP contribution in [0.4, 0.5) is 5.69 Å². The number of nitrogens with zero attached hydrogens (tertiary/aromatic N) is 1. The zero-order valence-electron chi connectivity index (χ0n) is 16.8. The molecule has 1 heterocycles. The Kier molecular flexibility index (Phi) is 6.99. The molecule has 1 fully saturated rings. The molecule has 0 spiro atoms. The summed E-state index contributed by atoms with van der Waals surface area (Å²) in [6.45, 7) is 9.59. The van der Waals surface area contributed by atoms with Gasteiger partial charge in [-0.1, -0.05) is 45.9 Å². The average molecular weight is 373 g/mol. The molecular weight excluding hydrogens is 342 g/mol. The van der Waals surface area contributed by atoms with Gasteiger partial charge >= 0.3 is 0 Å². The fourth-order valence-electron chi connectivity index (χ4n) is 3.34. The molecule has 0 aromatic heterocycles. The van der Waals surface area contributed by atoms with Gasteiger partial charge in [0.2, 0.25) is 17.7 Å². The molecule has 0 radical (unpaired) electrons. The van der Waals surface area contributed by atoms with E-state index in [9.17, 15) is 14.4 Å². The van der Waals surface area contributed by atoms with E-state index < -0.39 is 0 Å². The van der Waals surface area contributed by atoms with E-state index in [0.29, 0.717) is 13.0 Å². The molecule has 2 rings (SSSR count). The summed E-state index contributed by atoms with van der Waals surface area (Å²) < 4.78 is 0. The number of likely N-dealkylation sites (tertiary alicyclic amines) is 1. The van der Waals surface area contributed by atoms with E-state index in [1.165, 1.54) is 0 Å². The molecule has 148 valence electrons. The summed E-state index contributed by atoms with van der Waals surface area (Å²) in [6, 6.07) is 7.57. The summed E-state index contributed by atoms with van der Waals surface area (Å²) >= 11 is 0. The summed E-state index contributed by atoms with van der Waals surface area (Å²) in [5, 5.41) is 5.79. The highest BCUT2D eigenvalue weighted by Gasteiger charge is 2.29. The number of anilines is 1. The second-order valence-electron chi connectivity index (χ2n) is 8.15. The highest BCUT2D eigenvalue weighted by Crippen LogP contribution is 2.29. The number of carbonyl (C=O) groups is 3. The number of para-hydroxylation sites is 1. The third-order valence-corrected chi connectivity index (χ3v) is 4.66. The van der Waals surface area contributed by atoms with Crippen LogP contribution >= 0.6 is 0 Å². The van der Waals surface area contributed by atoms with E-state index in [1.54, 1.807) is 4.90 Å². The van der Waals surface area contributed by atoms with E-state index in [-0.39, 0.29) is 42.0 Å². The number of carbonyl (C=O) groups excluding carboxylic acids is 3. The minimum absolute atomic E-state index is 0.0821. The topological polar surface area (TPSA) is 78.5 Å². The van der Waals surface area contributed by atoms with E-state index in [0.717, 1.165) is 24.2 Å². The maximum absolute atomic E-state index is 12.3. The molecule has 0 saturated carbocycles. The number of hydrogen-bond acceptors (Lipinski definition) is 3. The first-order valence-corrected chi connectivity index (χ1v) is 9.67. The van der Waals surface area contributed by atoms with Crippen molar-refractivity contribution < 1.29 is 14.4 Å². The smallest absolute Gasteiger partial charge is 0.224 e. The molecule has 1 aromatic carbocycles. The molecule has 1 aliphatic heterocycles. The lowest BCUT2D eigenvalue weighted by molar-refractivity contribution is -0.127. The normalized spacial score (nSPS) is 17.1. The fraction of sp³-hybridized carbons (Fsp3) is 0.571. The first-order chi connectivity index (χ1) is 12.7. The number of hydrogen-bond donors (Lipinski definition) is 2. The molecule has 3 amide bonds. The molecule has 1 aromatic rings. The van der Waals surface area contributed by atoms with Gasteiger partial charge in [-0.25, -0.2) is 0 Å². The van der Waals surface area contributed by atoms with Crippen LogP contribution in [0.3, 0.4) is 0 Å². The minimum atomic E-state index is -0.189. The van der Waals surface area contributed by atoms with Crippen LogP contribution in [0, 0.1) is 0 Å². The number of nitrogens with one attached hydrogen (secondary N) is 2. The van der Waals surface area contributed by atoms with Crippen LogP contribution in [0.2, 0.25) is 0 Å². The predicted octanol–water partition coefficient (Wildman–Crippen LogP) is 2.83. The first-order valence-electron chi connectivity index (χ1n) is 9.67. The van der Waals surface area contributed by atoms with E-state index in [4.69, 9.17) is 0 Å². The van der Waals surface area contributed by atoms with Crippen LogP contribution in [-0.2, 0) is 19.8 Å². The van der Waals surface area contributed by atoms with Crippen molar-refractivity contribution in [1.82, 2.24) is 10.2 Å². The van der Waals surface area contributed by atoms with Gasteiger partial charge in [0.05, 0.1) is 6.04 Å². The van der Waals surface area contributed by atoms with Gasteiger partial charge in [-0.05, 0) is 23.5 Å². The lowest BCUT2D eigenvalue weighted by Crippen LogP contribution is -2.37. The van der Waals surface area contributed by atoms with E-state index in [1.807, 2.05) is 31.2 Å². The first kappa shape index (κ1) is 20.9. The average Bonchev–Trinajstić information content (AvgIpc) is 2.92. The fourth-order valence-corrected chi connectivity index (χ4v) is 3.34. The maximum atomic E-state index is 12.3. The Morgan fingerprint density at radius 1 is 1.15 bits per heavy atom. The van der Waals surface area contributed by atoms with Crippen LogP contribution in [0.5, 0.6) is 0 Å². The Balaban J connectivity index is 1.81. The minimum Gasteiger partial charge on any atom is -0.351 e. The standard InChI is InChI=1S/C21H31N3O3/c1-5-12-24-14-15(13-20(24)27)22-18(25)10-11-19(26)23-17-9-7-6-8-16(17)21(2,3)4/h6-9,15H,5,10-14H2,1-4H3,(H,22,25)(H,23,26). The Morgan fingerprint density at radius 3 is 2.48 bits per heavy atom. The third-order valence-electron chi connectivity index (χ3n) is 4.66. The second-order valence-corrected chi connectivity index (χ2v) is 8.15. The van der Waals surface area contributed by atoms with Crippen molar-refractivity contribution in [2.45, 2.75) is 64.8 Å². The summed E-state index contributed by atoms with van der Waals surface area (Å²) in [4.78, 5) is 38.0. The molecule has 1 atom stereocenters. The van der Waals surface area contributed by atoms with Crippen LogP contribution in [0.15, 0.2) is 24.3 Å². The molecule has 0 bridgehead atoms. The third kappa shape index (κ3) is 6.08. The monoisotopic (exact) mass is 373 g/mol. The molecule has 1 saturated heterocycles. The van der Waals surface area contributed by atoms with Gasteiger partial charge < -0.3 is 15.5 Å². The summed E-state index contributed by atoms with van der Waals surface area (Å²) in [5.41, 5.74) is 1.76. The highest BCUT2D eigenvalue weighted by atomic mass is 16.2. The van der Waals surface area contributed by atoms with E-state index >= 15 is 0 Å². The molecule has 0 aliphatic carbocycles. The van der Waals surface area contributed by atoms with Gasteiger partial charge in [0.25, 0.3) is 0 Å². The summed E-state index contributed by atoms with van der Waals surface area (Å²) in [6.07, 6.45) is 1.48. The Labute approximate surface area is 161 Å². The van der Waals surface area contributed by atoms with Crippen LogP contribution < -0.4 is 10.6 Å². The van der Waals surface area contributed by atoms with Gasteiger partial charge in [-0.15, -0.1) is 0 Å². The molecule has 1 aliphatic rings. The second kappa shape index (κ2) is 9.02. The summed E-state index contributed by atoms with van der Waals surface area (Å²) in [7, 11) is 0. The Bertz CT molecular complexity index is 694. The van der Waals surface area contributed by atoms with Crippen molar-refractivity contribution in [2.75, 3.05) is 18.4 Å². The lowest BCUT2D eigenvalue weighted by Gasteiger charge is -2.23. The molecule has 6 nitrogen and oxygen atoms in total. The van der Waals surface area contributed by atoms with E-state index in [2.05, 4.69) is 31.4 Å². The summed E-state index contributed by atoms with van der Waals surface area (Å²) in [5.74, 6) is -0.291. The molecule has 6 heteroatoms. The van der Waals surface area contributed by atoms with Gasteiger partial charge in [-0.2, -0.15) is 0 Å². The SMILES string of the molecule is CCCN1CC(NC(=O)CCC(=O)Nc2ccccc2C(C)(C)C)CC1=O. The van der Waals surface area contributed by atoms with Crippen LogP contribution in [-0.4, -0.2) is 41.8 Å². The van der Waals surface area contributed by atoms with Crippen LogP contribution in [0.25, 0.3) is 0 Å². The van der Waals surface area contributed by atoms with Crippen molar-refractivity contribution in [3.05, 3.63) is 29.8 Å². The van der Waals surface area contributed by atoms with Gasteiger partial charge in [0.15, 0.2) is 0 Å². The number of rotatable bonds is 7. The van der Waals surface area contributed by atoms with Crippen molar-refractivity contribution >= 4 is 23.4 Å². The zero-order chi connectivity index (χ0) is 20.0. The van der Waals surface area contributed by atoms with Crippen LogP contribution in [0.1, 0.15) is 58.9 Å². The predicted molar refractivity (Wildman–Crippen MR) is 106 cm³/mol. The van der Waals surface area contributed by atoms with Gasteiger partial charge in [0.1, 0.15) is 0 Å². The largest absolute Gasteiger partial charge is 0.351 e.